The first-order valence-corrected chi connectivity index (χ1v) is 11.7. The second-order valence-electron chi connectivity index (χ2n) is 8.70. The number of ketones is 1. The van der Waals surface area contributed by atoms with E-state index in [1.165, 1.54) is 11.0 Å². The van der Waals surface area contributed by atoms with Crippen molar-refractivity contribution in [3.8, 4) is 5.75 Å². The van der Waals surface area contributed by atoms with Crippen LogP contribution in [0.3, 0.4) is 0 Å². The highest BCUT2D eigenvalue weighted by molar-refractivity contribution is 6.04. The molecule has 33 heavy (non-hydrogen) atoms. The number of hydrogen-bond acceptors (Lipinski definition) is 4. The Labute approximate surface area is 193 Å². The van der Waals surface area contributed by atoms with E-state index in [1.54, 1.807) is 42.8 Å². The smallest absolute Gasteiger partial charge is 0.272 e. The first-order chi connectivity index (χ1) is 15.9. The third-order valence-corrected chi connectivity index (χ3v) is 6.47. The van der Waals surface area contributed by atoms with Crippen LogP contribution in [0.4, 0.5) is 0 Å². The summed E-state index contributed by atoms with van der Waals surface area (Å²) >= 11 is 0. The van der Waals surface area contributed by atoms with Crippen molar-refractivity contribution in [2.45, 2.75) is 58.5 Å². The number of amides is 1. The highest BCUT2D eigenvalue weighted by Crippen LogP contribution is 2.31. The second-order valence-corrected chi connectivity index (χ2v) is 8.70. The summed E-state index contributed by atoms with van der Waals surface area (Å²) in [4.78, 5) is 39.7. The van der Waals surface area contributed by atoms with E-state index < -0.39 is 0 Å². The van der Waals surface area contributed by atoms with E-state index in [1.807, 2.05) is 19.1 Å². The van der Waals surface area contributed by atoms with Gasteiger partial charge in [0.25, 0.3) is 11.5 Å². The lowest BCUT2D eigenvalue weighted by Crippen LogP contribution is -2.37. The van der Waals surface area contributed by atoms with Crippen molar-refractivity contribution in [2.75, 3.05) is 6.61 Å². The molecule has 2 aromatic heterocycles. The number of nitrogens with zero attached hydrogens (tertiary/aromatic N) is 2. The number of benzene rings is 1. The minimum atomic E-state index is -0.329. The summed E-state index contributed by atoms with van der Waals surface area (Å²) in [5, 5.41) is 3.47. The van der Waals surface area contributed by atoms with Crippen LogP contribution in [0.1, 0.15) is 65.6 Å². The molecule has 1 aromatic carbocycles. The normalized spacial score (nSPS) is 14.4. The van der Waals surface area contributed by atoms with Gasteiger partial charge in [-0.25, -0.2) is 0 Å². The number of hydrogen-bond donors (Lipinski definition) is 1. The fourth-order valence-corrected chi connectivity index (χ4v) is 4.72. The Kier molecular flexibility index (Phi) is 6.67. The number of carbonyl (C=O) groups excluding carboxylic acids is 2. The minimum absolute atomic E-state index is 0.0747. The number of aryl methyl sites for hydroxylation is 2. The van der Waals surface area contributed by atoms with Crippen molar-refractivity contribution in [2.24, 2.45) is 7.05 Å². The lowest BCUT2D eigenvalue weighted by Gasteiger charge is -2.23. The lowest BCUT2D eigenvalue weighted by atomic mass is 9.95. The van der Waals surface area contributed by atoms with Crippen LogP contribution in [0, 0.1) is 6.92 Å². The summed E-state index contributed by atoms with van der Waals surface area (Å²) in [7, 11) is 1.78. The van der Waals surface area contributed by atoms with Gasteiger partial charge in [-0.15, -0.1) is 0 Å². The maximum Gasteiger partial charge on any atom is 0.272 e. The summed E-state index contributed by atoms with van der Waals surface area (Å²) in [5.41, 5.74) is 1.85. The maximum absolute atomic E-state index is 13.6. The highest BCUT2D eigenvalue weighted by Gasteiger charge is 2.28. The van der Waals surface area contributed by atoms with Crippen LogP contribution >= 0.6 is 0 Å². The van der Waals surface area contributed by atoms with E-state index in [-0.39, 0.29) is 35.6 Å². The van der Waals surface area contributed by atoms with E-state index in [0.29, 0.717) is 34.5 Å². The lowest BCUT2D eigenvalue weighted by molar-refractivity contribution is 0.0914. The Morgan fingerprint density at radius 3 is 2.48 bits per heavy atom. The van der Waals surface area contributed by atoms with Gasteiger partial charge in [-0.3, -0.25) is 14.4 Å². The second kappa shape index (κ2) is 9.65. The molecule has 7 nitrogen and oxygen atoms in total. The van der Waals surface area contributed by atoms with E-state index in [9.17, 15) is 14.4 Å². The largest absolute Gasteiger partial charge is 0.491 e. The topological polar surface area (TPSA) is 82.3 Å². The number of nitrogens with one attached hydrogen (secondary N) is 1. The molecule has 0 radical (unpaired) electrons. The average molecular weight is 450 g/mol. The van der Waals surface area contributed by atoms with Crippen LogP contribution in [0.15, 0.2) is 41.2 Å². The summed E-state index contributed by atoms with van der Waals surface area (Å²) in [6, 6.07) is 10.9. The molecule has 1 fully saturated rings. The van der Waals surface area contributed by atoms with Crippen molar-refractivity contribution < 1.29 is 14.3 Å². The zero-order valence-corrected chi connectivity index (χ0v) is 19.5. The first-order valence-electron chi connectivity index (χ1n) is 11.7. The monoisotopic (exact) mass is 449 g/mol. The van der Waals surface area contributed by atoms with Gasteiger partial charge in [-0.2, -0.15) is 0 Å². The highest BCUT2D eigenvalue weighted by atomic mass is 16.5. The van der Waals surface area contributed by atoms with Crippen molar-refractivity contribution in [3.05, 3.63) is 63.7 Å². The van der Waals surface area contributed by atoms with Gasteiger partial charge >= 0.3 is 0 Å². The number of ether oxygens (including phenoxy) is 1. The third-order valence-electron chi connectivity index (χ3n) is 6.47. The molecule has 0 atom stereocenters. The predicted molar refractivity (Wildman–Crippen MR) is 128 cm³/mol. The number of Topliss-reactive ketones (excluding diaryl/α,β-unsaturated/α-hetero) is 1. The maximum atomic E-state index is 13.6. The van der Waals surface area contributed by atoms with Gasteiger partial charge in [-0.1, -0.05) is 49.6 Å². The Bertz CT molecular complexity index is 1230. The molecule has 7 heteroatoms. The van der Waals surface area contributed by atoms with Gasteiger partial charge in [0.15, 0.2) is 17.2 Å². The van der Waals surface area contributed by atoms with Gasteiger partial charge in [0, 0.05) is 24.3 Å². The molecule has 1 saturated carbocycles. The van der Waals surface area contributed by atoms with Crippen LogP contribution in [0.5, 0.6) is 5.75 Å². The fourth-order valence-electron chi connectivity index (χ4n) is 4.72. The number of pyridine rings is 1. The molecule has 0 aliphatic heterocycles. The molecule has 0 spiro atoms. The molecule has 1 N–H and O–H groups in total. The summed E-state index contributed by atoms with van der Waals surface area (Å²) in [5.74, 6) is -0.0912. The Balaban J connectivity index is 1.77. The third kappa shape index (κ3) is 4.45. The fraction of sp³-hybridized carbons (Fsp3) is 0.423. The van der Waals surface area contributed by atoms with Crippen LogP contribution in [-0.4, -0.2) is 33.5 Å². The summed E-state index contributed by atoms with van der Waals surface area (Å²) in [6.45, 7) is 3.87. The van der Waals surface area contributed by atoms with Gasteiger partial charge in [0.1, 0.15) is 5.39 Å². The Hall–Kier alpha value is -3.35. The van der Waals surface area contributed by atoms with Crippen LogP contribution in [-0.2, 0) is 13.6 Å². The molecule has 0 saturated heterocycles. The number of fused-ring (bicyclic) bond motifs is 1. The van der Waals surface area contributed by atoms with Crippen molar-refractivity contribution in [3.63, 3.8) is 0 Å². The van der Waals surface area contributed by atoms with Crippen molar-refractivity contribution in [1.29, 1.82) is 0 Å². The number of carbonyl (C=O) groups is 2. The van der Waals surface area contributed by atoms with E-state index in [4.69, 9.17) is 4.74 Å². The molecular formula is C26H31N3O4. The SMILES string of the molecule is CCOc1c(C(=O)NC2CCCCC2)n(C)c2cc(C)n(CC(=O)c3ccccc3)c(=O)c12. The molecular weight excluding hydrogens is 418 g/mol. The Morgan fingerprint density at radius 1 is 1.12 bits per heavy atom. The Morgan fingerprint density at radius 2 is 1.82 bits per heavy atom. The summed E-state index contributed by atoms with van der Waals surface area (Å²) < 4.78 is 9.06. The van der Waals surface area contributed by atoms with Gasteiger partial charge in [0.2, 0.25) is 0 Å². The zero-order chi connectivity index (χ0) is 23.5. The molecule has 1 amide bonds. The zero-order valence-electron chi connectivity index (χ0n) is 19.5. The molecule has 1 aliphatic carbocycles. The molecule has 1 aliphatic rings. The quantitative estimate of drug-likeness (QED) is 0.553. The predicted octanol–water partition coefficient (Wildman–Crippen LogP) is 3.99. The molecule has 3 aromatic rings. The molecule has 0 bridgehead atoms. The number of aromatic nitrogens is 2. The molecule has 0 unspecified atom stereocenters. The summed E-state index contributed by atoms with van der Waals surface area (Å²) in [6.07, 6.45) is 5.35. The van der Waals surface area contributed by atoms with E-state index in [2.05, 4.69) is 5.32 Å². The van der Waals surface area contributed by atoms with Gasteiger partial charge < -0.3 is 19.2 Å². The van der Waals surface area contributed by atoms with Crippen LogP contribution < -0.4 is 15.6 Å². The first kappa shape index (κ1) is 22.8. The molecule has 4 rings (SSSR count). The van der Waals surface area contributed by atoms with Crippen LogP contribution in [0.25, 0.3) is 10.9 Å². The van der Waals surface area contributed by atoms with E-state index in [0.717, 1.165) is 25.7 Å². The minimum Gasteiger partial charge on any atom is -0.491 e. The van der Waals surface area contributed by atoms with Crippen molar-refractivity contribution >= 4 is 22.6 Å². The molecule has 2 heterocycles. The average Bonchev–Trinajstić information content (AvgIpc) is 3.09. The van der Waals surface area contributed by atoms with E-state index >= 15 is 0 Å². The van der Waals surface area contributed by atoms with Crippen molar-refractivity contribution in [1.82, 2.24) is 14.5 Å². The molecule has 174 valence electrons. The van der Waals surface area contributed by atoms with Gasteiger partial charge in [-0.05, 0) is 32.8 Å². The standard InChI is InChI=1S/C26H31N3O4/c1-4-33-24-22-20(28(3)23(24)25(31)27-19-13-9-6-10-14-19)15-17(2)29(26(22)32)16-21(30)18-11-7-5-8-12-18/h5,7-8,11-12,15,19H,4,6,9-10,13-14,16H2,1-3H3,(H,27,31). The van der Waals surface area contributed by atoms with Gasteiger partial charge in [0.05, 0.1) is 18.7 Å². The van der Waals surface area contributed by atoms with Crippen LogP contribution in [0.2, 0.25) is 0 Å². The number of rotatable bonds is 7.